The number of carboxylic acids is 1. The van der Waals surface area contributed by atoms with Crippen molar-refractivity contribution in [2.45, 2.75) is 11.8 Å². The molecule has 0 aliphatic rings. The van der Waals surface area contributed by atoms with Gasteiger partial charge < -0.3 is 9.90 Å². The number of nitrogens with one attached hydrogen (secondary N) is 1. The number of carboxylic acid groups (broad SMARTS) is 1. The number of carbonyl (C=O) groups is 1. The molecule has 0 atom stereocenters. The molecule has 0 saturated carbocycles. The number of pyridine rings is 1. The lowest BCUT2D eigenvalue weighted by Crippen LogP contribution is -2.22. The summed E-state index contributed by atoms with van der Waals surface area (Å²) in [4.78, 5) is 14.4. The molecule has 6 nitrogen and oxygen atoms in total. The molecule has 1 aromatic heterocycles. The van der Waals surface area contributed by atoms with E-state index < -0.39 is 16.0 Å². The molecule has 0 fully saturated rings. The Labute approximate surface area is 126 Å². The van der Waals surface area contributed by atoms with E-state index in [1.165, 1.54) is 30.3 Å². The zero-order chi connectivity index (χ0) is 15.6. The smallest absolute Gasteiger partial charge is 0.263 e. The van der Waals surface area contributed by atoms with Crippen LogP contribution in [0.4, 0.5) is 5.69 Å². The zero-order valence-corrected chi connectivity index (χ0v) is 12.4. The average molecular weight is 326 g/mol. The Kier molecular flexibility index (Phi) is 4.15. The van der Waals surface area contributed by atoms with Gasteiger partial charge in [0.25, 0.3) is 10.0 Å². The number of aryl methyl sites for hydroxylation is 1. The van der Waals surface area contributed by atoms with Crippen molar-refractivity contribution < 1.29 is 18.3 Å². The second kappa shape index (κ2) is 5.71. The number of aromatic carboxylic acids is 1. The molecular formula is C13H10ClN2O4S-. The molecule has 0 unspecified atom stereocenters. The number of carbonyl (C=O) groups excluding carboxylic acids is 1. The molecular weight excluding hydrogens is 316 g/mol. The molecule has 1 aromatic carbocycles. The summed E-state index contributed by atoms with van der Waals surface area (Å²) in [6.45, 7) is 1.65. The largest absolute Gasteiger partial charge is 0.545 e. The minimum Gasteiger partial charge on any atom is -0.545 e. The van der Waals surface area contributed by atoms with Gasteiger partial charge in [0.05, 0.1) is 11.7 Å². The second-order valence-corrected chi connectivity index (χ2v) is 6.31. The topological polar surface area (TPSA) is 99.2 Å². The molecule has 0 saturated heterocycles. The molecule has 0 amide bonds. The molecule has 2 aromatic rings. The number of halogens is 1. The normalized spacial score (nSPS) is 11.1. The lowest BCUT2D eigenvalue weighted by molar-refractivity contribution is -0.255. The van der Waals surface area contributed by atoms with E-state index in [2.05, 4.69) is 9.71 Å². The van der Waals surface area contributed by atoms with Gasteiger partial charge in [-0.3, -0.25) is 4.72 Å². The molecule has 21 heavy (non-hydrogen) atoms. The SMILES string of the molecule is Cc1ccc(C(=O)[O-])cc1NS(=O)(=O)c1ccc(Cl)nc1. The number of nitrogens with zero attached hydrogens (tertiary/aromatic N) is 1. The summed E-state index contributed by atoms with van der Waals surface area (Å²) in [5, 5.41) is 11.0. The molecule has 1 heterocycles. The third kappa shape index (κ3) is 3.50. The van der Waals surface area contributed by atoms with Crippen molar-refractivity contribution in [3.63, 3.8) is 0 Å². The predicted octanol–water partition coefficient (Wildman–Crippen LogP) is 1.21. The number of anilines is 1. The number of benzene rings is 1. The third-order valence-corrected chi connectivity index (χ3v) is 4.30. The Balaban J connectivity index is 2.38. The van der Waals surface area contributed by atoms with Crippen LogP contribution >= 0.6 is 11.6 Å². The van der Waals surface area contributed by atoms with E-state index in [4.69, 9.17) is 11.6 Å². The van der Waals surface area contributed by atoms with Crippen LogP contribution in [-0.4, -0.2) is 19.4 Å². The van der Waals surface area contributed by atoms with Gasteiger partial charge in [-0.15, -0.1) is 0 Å². The molecule has 110 valence electrons. The monoisotopic (exact) mass is 325 g/mol. The minimum absolute atomic E-state index is 0.0786. The summed E-state index contributed by atoms with van der Waals surface area (Å²) in [7, 11) is -3.88. The number of rotatable bonds is 4. The summed E-state index contributed by atoms with van der Waals surface area (Å²) in [5.74, 6) is -1.39. The Morgan fingerprint density at radius 3 is 2.57 bits per heavy atom. The first-order chi connectivity index (χ1) is 9.79. The van der Waals surface area contributed by atoms with Crippen LogP contribution in [0, 0.1) is 6.92 Å². The summed E-state index contributed by atoms with van der Waals surface area (Å²) in [6, 6.07) is 6.68. The van der Waals surface area contributed by atoms with E-state index >= 15 is 0 Å². The van der Waals surface area contributed by atoms with Crippen molar-refractivity contribution >= 4 is 33.3 Å². The summed E-state index contributed by atoms with van der Waals surface area (Å²) >= 11 is 5.60. The van der Waals surface area contributed by atoms with Gasteiger partial charge in [0.1, 0.15) is 10.0 Å². The first-order valence-corrected chi connectivity index (χ1v) is 7.62. The quantitative estimate of drug-likeness (QED) is 0.852. The first kappa shape index (κ1) is 15.3. The molecule has 1 N–H and O–H groups in total. The van der Waals surface area contributed by atoms with E-state index in [1.54, 1.807) is 6.92 Å². The Morgan fingerprint density at radius 1 is 1.29 bits per heavy atom. The van der Waals surface area contributed by atoms with E-state index in [0.29, 0.717) is 5.56 Å². The van der Waals surface area contributed by atoms with Crippen LogP contribution in [0.1, 0.15) is 15.9 Å². The zero-order valence-electron chi connectivity index (χ0n) is 10.8. The number of aromatic nitrogens is 1. The van der Waals surface area contributed by atoms with Crippen molar-refractivity contribution in [3.05, 3.63) is 52.8 Å². The number of hydrogen-bond donors (Lipinski definition) is 1. The average Bonchev–Trinajstić information content (AvgIpc) is 2.41. The van der Waals surface area contributed by atoms with Gasteiger partial charge in [0.2, 0.25) is 0 Å². The van der Waals surface area contributed by atoms with Gasteiger partial charge in [0, 0.05) is 6.20 Å². The van der Waals surface area contributed by atoms with Crippen LogP contribution in [0.25, 0.3) is 0 Å². The fourth-order valence-electron chi connectivity index (χ4n) is 1.58. The van der Waals surface area contributed by atoms with Gasteiger partial charge in [-0.2, -0.15) is 0 Å². The van der Waals surface area contributed by atoms with Crippen LogP contribution in [0.15, 0.2) is 41.4 Å². The lowest BCUT2D eigenvalue weighted by Gasteiger charge is -2.12. The molecule has 0 aliphatic carbocycles. The van der Waals surface area contributed by atoms with Crippen LogP contribution in [-0.2, 0) is 10.0 Å². The highest BCUT2D eigenvalue weighted by atomic mass is 35.5. The highest BCUT2D eigenvalue weighted by Crippen LogP contribution is 2.21. The van der Waals surface area contributed by atoms with E-state index in [0.717, 1.165) is 6.20 Å². The highest BCUT2D eigenvalue weighted by Gasteiger charge is 2.16. The Hall–Kier alpha value is -2.12. The Bertz CT molecular complexity index is 788. The molecule has 0 bridgehead atoms. The molecule has 0 aliphatic heterocycles. The lowest BCUT2D eigenvalue weighted by atomic mass is 10.1. The van der Waals surface area contributed by atoms with Crippen LogP contribution in [0.5, 0.6) is 0 Å². The number of sulfonamides is 1. The van der Waals surface area contributed by atoms with Gasteiger partial charge in [-0.05, 0) is 36.2 Å². The second-order valence-electron chi connectivity index (χ2n) is 4.24. The fraction of sp³-hybridized carbons (Fsp3) is 0.0769. The third-order valence-electron chi connectivity index (χ3n) is 2.73. The van der Waals surface area contributed by atoms with Crippen molar-refractivity contribution in [1.82, 2.24) is 4.98 Å². The van der Waals surface area contributed by atoms with E-state index in [-0.39, 0.29) is 21.3 Å². The molecule has 0 spiro atoms. The van der Waals surface area contributed by atoms with Crippen molar-refractivity contribution in [2.24, 2.45) is 0 Å². The maximum absolute atomic E-state index is 12.2. The van der Waals surface area contributed by atoms with Crippen molar-refractivity contribution in [1.29, 1.82) is 0 Å². The number of hydrogen-bond acceptors (Lipinski definition) is 5. The van der Waals surface area contributed by atoms with Gasteiger partial charge >= 0.3 is 0 Å². The minimum atomic E-state index is -3.88. The van der Waals surface area contributed by atoms with Gasteiger partial charge in [-0.1, -0.05) is 23.7 Å². The van der Waals surface area contributed by atoms with Crippen LogP contribution in [0.3, 0.4) is 0 Å². The summed E-state index contributed by atoms with van der Waals surface area (Å²) < 4.78 is 26.7. The summed E-state index contributed by atoms with van der Waals surface area (Å²) in [5.41, 5.74) is 0.615. The Morgan fingerprint density at radius 2 is 2.00 bits per heavy atom. The fourth-order valence-corrected chi connectivity index (χ4v) is 2.76. The standard InChI is InChI=1S/C13H11ClN2O4S/c1-8-2-3-9(13(17)18)6-11(8)16-21(19,20)10-4-5-12(14)15-7-10/h2-7,16H,1H3,(H,17,18)/p-1. The van der Waals surface area contributed by atoms with Crippen LogP contribution < -0.4 is 9.83 Å². The van der Waals surface area contributed by atoms with Crippen molar-refractivity contribution in [3.8, 4) is 0 Å². The maximum Gasteiger partial charge on any atom is 0.263 e. The highest BCUT2D eigenvalue weighted by molar-refractivity contribution is 7.92. The van der Waals surface area contributed by atoms with Gasteiger partial charge in [0.15, 0.2) is 0 Å². The summed E-state index contributed by atoms with van der Waals surface area (Å²) in [6.07, 6.45) is 1.11. The van der Waals surface area contributed by atoms with E-state index in [9.17, 15) is 18.3 Å². The first-order valence-electron chi connectivity index (χ1n) is 5.76. The van der Waals surface area contributed by atoms with E-state index in [1.807, 2.05) is 0 Å². The van der Waals surface area contributed by atoms with Crippen molar-refractivity contribution in [2.75, 3.05) is 4.72 Å². The maximum atomic E-state index is 12.2. The van der Waals surface area contributed by atoms with Gasteiger partial charge in [-0.25, -0.2) is 13.4 Å². The molecule has 0 radical (unpaired) electrons. The van der Waals surface area contributed by atoms with Crippen LogP contribution in [0.2, 0.25) is 5.15 Å². The molecule has 8 heteroatoms. The molecule has 2 rings (SSSR count). The predicted molar refractivity (Wildman–Crippen MR) is 75.6 cm³/mol.